The van der Waals surface area contributed by atoms with Crippen LogP contribution in [0, 0.1) is 12.7 Å². The van der Waals surface area contributed by atoms with Gasteiger partial charge in [-0.15, -0.1) is 5.10 Å². The van der Waals surface area contributed by atoms with E-state index in [0.29, 0.717) is 0 Å². The third-order valence-corrected chi connectivity index (χ3v) is 7.89. The zero-order valence-corrected chi connectivity index (χ0v) is 23.8. The summed E-state index contributed by atoms with van der Waals surface area (Å²) in [5.74, 6) is -0.894. The molecule has 0 spiro atoms. The Kier molecular flexibility index (Phi) is 8.41. The van der Waals surface area contributed by atoms with E-state index in [2.05, 4.69) is 36.3 Å². The zero-order chi connectivity index (χ0) is 30.5. The number of nitrogens with zero attached hydrogens (tertiary/aromatic N) is 6. The lowest BCUT2D eigenvalue weighted by Crippen LogP contribution is -2.53. The number of alkyl halides is 3. The van der Waals surface area contributed by atoms with Gasteiger partial charge in [-0.2, -0.15) is 18.3 Å². The Labute approximate surface area is 248 Å². The minimum absolute atomic E-state index is 0.0207. The fourth-order valence-corrected chi connectivity index (χ4v) is 5.32. The number of aryl methyl sites for hydroxylation is 1. The molecule has 5 rings (SSSR count). The summed E-state index contributed by atoms with van der Waals surface area (Å²) in [7, 11) is 0. The van der Waals surface area contributed by atoms with Crippen LogP contribution in [0.25, 0.3) is 16.9 Å². The summed E-state index contributed by atoms with van der Waals surface area (Å²) in [5.41, 5.74) is -0.978. The van der Waals surface area contributed by atoms with E-state index in [1.165, 1.54) is 19.2 Å². The van der Waals surface area contributed by atoms with Crippen LogP contribution in [-0.2, 0) is 17.5 Å². The van der Waals surface area contributed by atoms with Crippen LogP contribution < -0.4 is 0 Å². The topological polar surface area (TPSA) is 152 Å². The highest BCUT2D eigenvalue weighted by Gasteiger charge is 2.49. The monoisotopic (exact) mass is 676 g/mol. The minimum Gasteiger partial charge on any atom is -0.394 e. The van der Waals surface area contributed by atoms with Gasteiger partial charge >= 0.3 is 6.18 Å². The van der Waals surface area contributed by atoms with Crippen LogP contribution in [0.1, 0.15) is 34.9 Å². The van der Waals surface area contributed by atoms with Gasteiger partial charge in [-0.25, -0.2) is 18.7 Å². The first kappa shape index (κ1) is 30.5. The molecule has 42 heavy (non-hydrogen) atoms. The van der Waals surface area contributed by atoms with E-state index in [-0.39, 0.29) is 38.0 Å². The Morgan fingerprint density at radius 1 is 1.12 bits per heavy atom. The second-order valence-electron chi connectivity index (χ2n) is 9.51. The van der Waals surface area contributed by atoms with Crippen LogP contribution in [0.15, 0.2) is 41.0 Å². The molecule has 0 aliphatic carbocycles. The first-order valence-corrected chi connectivity index (χ1v) is 13.4. The van der Waals surface area contributed by atoms with Crippen LogP contribution in [-0.4, -0.2) is 75.1 Å². The highest BCUT2D eigenvalue weighted by Crippen LogP contribution is 2.41. The number of aliphatic hydroxyl groups is 4. The number of ether oxygens (including phenoxy) is 1. The first-order valence-electron chi connectivity index (χ1n) is 12.3. The largest absolute Gasteiger partial charge is 0.418 e. The van der Waals surface area contributed by atoms with Gasteiger partial charge in [0.15, 0.2) is 5.82 Å². The van der Waals surface area contributed by atoms with Crippen molar-refractivity contribution in [2.45, 2.75) is 50.2 Å². The molecule has 1 saturated heterocycles. The number of aliphatic hydroxyl groups excluding tert-OH is 4. The Bertz CT molecular complexity index is 1620. The van der Waals surface area contributed by atoms with Gasteiger partial charge in [0.1, 0.15) is 47.8 Å². The molecule has 11 nitrogen and oxygen atoms in total. The smallest absolute Gasteiger partial charge is 0.394 e. The summed E-state index contributed by atoms with van der Waals surface area (Å²) >= 11 is 9.07. The van der Waals surface area contributed by atoms with Crippen LogP contribution in [0.3, 0.4) is 0 Å². The summed E-state index contributed by atoms with van der Waals surface area (Å²) in [5, 5.41) is 54.0. The number of hydrogen-bond donors (Lipinski definition) is 4. The Balaban J connectivity index is 1.58. The Morgan fingerprint density at radius 2 is 1.86 bits per heavy atom. The lowest BCUT2D eigenvalue weighted by molar-refractivity contribution is -0.210. The summed E-state index contributed by atoms with van der Waals surface area (Å²) < 4.78 is 63.9. The average molecular weight is 678 g/mol. The van der Waals surface area contributed by atoms with Crippen molar-refractivity contribution in [3.8, 4) is 16.9 Å². The molecule has 5 atom stereocenters. The molecule has 0 radical (unpaired) electrons. The van der Waals surface area contributed by atoms with Crippen molar-refractivity contribution in [3.05, 3.63) is 74.6 Å². The van der Waals surface area contributed by atoms with Crippen molar-refractivity contribution in [1.82, 2.24) is 29.8 Å². The molecule has 4 N–H and O–H groups in total. The van der Waals surface area contributed by atoms with Crippen molar-refractivity contribution in [2.75, 3.05) is 6.61 Å². The molecule has 2 aromatic carbocycles. The number of benzene rings is 2. The number of aromatic nitrogens is 6. The third-order valence-electron chi connectivity index (χ3n) is 6.76. The number of halogens is 6. The van der Waals surface area contributed by atoms with Crippen molar-refractivity contribution >= 4 is 27.5 Å². The summed E-state index contributed by atoms with van der Waals surface area (Å²) in [6.45, 7) is 0.211. The molecular weight excluding hydrogens is 656 g/mol. The van der Waals surface area contributed by atoms with Gasteiger partial charge in [0, 0.05) is 10.6 Å². The summed E-state index contributed by atoms with van der Waals surface area (Å²) in [6.07, 6.45) is -9.63. The number of hydrogen-bond acceptors (Lipinski definition) is 9. The molecule has 0 saturated carbocycles. The van der Waals surface area contributed by atoms with Crippen molar-refractivity contribution in [1.29, 1.82) is 0 Å². The molecule has 0 amide bonds. The maximum Gasteiger partial charge on any atom is 0.418 e. The van der Waals surface area contributed by atoms with Crippen molar-refractivity contribution in [2.24, 2.45) is 0 Å². The van der Waals surface area contributed by atoms with E-state index in [9.17, 15) is 38.0 Å². The van der Waals surface area contributed by atoms with Crippen LogP contribution in [0.5, 0.6) is 0 Å². The Morgan fingerprint density at radius 3 is 2.52 bits per heavy atom. The molecule has 4 aromatic rings. The van der Waals surface area contributed by atoms with Gasteiger partial charge < -0.3 is 25.2 Å². The average Bonchev–Trinajstić information content (AvgIpc) is 3.57. The molecule has 224 valence electrons. The summed E-state index contributed by atoms with van der Waals surface area (Å²) in [6, 6.07) is 4.14. The van der Waals surface area contributed by atoms with Crippen molar-refractivity contribution < 1.29 is 42.7 Å². The third kappa shape index (κ3) is 5.55. The number of rotatable bonds is 6. The molecule has 1 fully saturated rings. The Hall–Kier alpha value is -2.99. The van der Waals surface area contributed by atoms with E-state index in [1.807, 2.05) is 0 Å². The SMILES string of the molecule is Cc1nc([C@@H]2O[C@H](CO)[C@H](O)[C@H](n3cc(-c4cc(F)c(Br)c(CO)c4)nn3)[C@H]2O)n(-c2cc(Cl)ccc2C(F)(F)F)n1. The second-order valence-corrected chi connectivity index (χ2v) is 10.7. The van der Waals surface area contributed by atoms with E-state index in [4.69, 9.17) is 16.3 Å². The van der Waals surface area contributed by atoms with Gasteiger partial charge in [0.2, 0.25) is 0 Å². The molecule has 2 aromatic heterocycles. The molecular formula is C25H22BrClF4N6O5. The predicted octanol–water partition coefficient (Wildman–Crippen LogP) is 3.30. The molecule has 0 unspecified atom stereocenters. The normalized spacial score (nSPS) is 23.0. The fourth-order valence-electron chi connectivity index (χ4n) is 4.80. The second kappa shape index (κ2) is 11.6. The zero-order valence-electron chi connectivity index (χ0n) is 21.4. The lowest BCUT2D eigenvalue weighted by atomic mass is 9.92. The molecule has 3 heterocycles. The predicted molar refractivity (Wildman–Crippen MR) is 141 cm³/mol. The standard InChI is InChI=1S/C25H22BrClF4N6O5/c1-10-32-24(37(34-10)17-6-13(27)2-3-14(17)25(29,30)31)23-22(41)20(21(40)18(9-39)42-23)36-7-16(33-35-36)11-4-12(8-38)19(26)15(28)5-11/h2-7,18,20-23,38-41H,8-9H2,1H3/t18-,20+,21+,22-,23-/m1/s1. The summed E-state index contributed by atoms with van der Waals surface area (Å²) in [4.78, 5) is 4.20. The van der Waals surface area contributed by atoms with Gasteiger partial charge in [-0.3, -0.25) is 0 Å². The maximum atomic E-state index is 14.4. The van der Waals surface area contributed by atoms with E-state index in [1.54, 1.807) is 0 Å². The fraction of sp³-hybridized carbons (Fsp3) is 0.360. The maximum absolute atomic E-state index is 14.4. The van der Waals surface area contributed by atoms with E-state index < -0.39 is 66.9 Å². The lowest BCUT2D eigenvalue weighted by Gasteiger charge is -2.41. The van der Waals surface area contributed by atoms with Gasteiger partial charge in [0.05, 0.1) is 35.1 Å². The van der Waals surface area contributed by atoms with Gasteiger partial charge in [-0.1, -0.05) is 16.8 Å². The highest BCUT2D eigenvalue weighted by atomic mass is 79.9. The molecule has 17 heteroatoms. The van der Waals surface area contributed by atoms with Gasteiger partial charge in [-0.05, 0) is 58.7 Å². The molecule has 1 aliphatic rings. The van der Waals surface area contributed by atoms with E-state index in [0.717, 1.165) is 33.6 Å². The van der Waals surface area contributed by atoms with Crippen LogP contribution in [0.4, 0.5) is 17.6 Å². The molecule has 1 aliphatic heterocycles. The van der Waals surface area contributed by atoms with Crippen molar-refractivity contribution in [3.63, 3.8) is 0 Å². The molecule has 0 bridgehead atoms. The highest BCUT2D eigenvalue weighted by molar-refractivity contribution is 9.10. The van der Waals surface area contributed by atoms with Crippen LogP contribution >= 0.6 is 27.5 Å². The van der Waals surface area contributed by atoms with Crippen LogP contribution in [0.2, 0.25) is 5.02 Å². The minimum atomic E-state index is -4.80. The first-order chi connectivity index (χ1) is 19.8. The van der Waals surface area contributed by atoms with Gasteiger partial charge in [0.25, 0.3) is 0 Å². The quantitative estimate of drug-likeness (QED) is 0.226. The van der Waals surface area contributed by atoms with E-state index >= 15 is 0 Å².